The van der Waals surface area contributed by atoms with Gasteiger partial charge in [-0.25, -0.2) is 4.98 Å². The number of benzene rings is 1. The lowest BCUT2D eigenvalue weighted by atomic mass is 10.1. The lowest BCUT2D eigenvalue weighted by Crippen LogP contribution is -2.04. The van der Waals surface area contributed by atoms with Crippen molar-refractivity contribution in [3.05, 3.63) is 52.0 Å². The Morgan fingerprint density at radius 1 is 1.14 bits per heavy atom. The lowest BCUT2D eigenvalue weighted by Gasteiger charge is -2.15. The minimum Gasteiger partial charge on any atom is -0.496 e. The number of ether oxygens (including phenoxy) is 1. The Kier molecular flexibility index (Phi) is 5.03. The van der Waals surface area contributed by atoms with Gasteiger partial charge in [-0.2, -0.15) is 4.98 Å². The third kappa shape index (κ3) is 3.47. The van der Waals surface area contributed by atoms with E-state index >= 15 is 0 Å². The molecule has 0 unspecified atom stereocenters. The SMILES string of the molecule is CNc1cc(C)nc(Nc2ccc(OC)c(-c3cc4[nH]ccc4cn3)c2I)n1. The Balaban J connectivity index is 1.80. The third-order valence-corrected chi connectivity index (χ3v) is 5.49. The van der Waals surface area contributed by atoms with Gasteiger partial charge in [-0.3, -0.25) is 4.98 Å². The fourth-order valence-corrected chi connectivity index (χ4v) is 3.88. The molecule has 3 heterocycles. The molecule has 0 saturated heterocycles. The first kappa shape index (κ1) is 18.5. The highest BCUT2D eigenvalue weighted by Crippen LogP contribution is 2.39. The zero-order valence-corrected chi connectivity index (χ0v) is 17.8. The molecule has 0 aliphatic carbocycles. The van der Waals surface area contributed by atoms with Gasteiger partial charge in [0.1, 0.15) is 11.6 Å². The van der Waals surface area contributed by atoms with Gasteiger partial charge >= 0.3 is 0 Å². The number of fused-ring (bicyclic) bond motifs is 1. The lowest BCUT2D eigenvalue weighted by molar-refractivity contribution is 0.416. The molecule has 142 valence electrons. The largest absolute Gasteiger partial charge is 0.496 e. The number of pyridine rings is 1. The number of aromatic amines is 1. The molecule has 0 amide bonds. The molecule has 4 aromatic rings. The van der Waals surface area contributed by atoms with E-state index in [1.807, 2.05) is 56.7 Å². The van der Waals surface area contributed by atoms with Crippen LogP contribution in [-0.2, 0) is 0 Å². The second-order valence-corrected chi connectivity index (χ2v) is 7.31. The molecule has 0 atom stereocenters. The summed E-state index contributed by atoms with van der Waals surface area (Å²) < 4.78 is 6.59. The molecule has 28 heavy (non-hydrogen) atoms. The van der Waals surface area contributed by atoms with E-state index in [0.717, 1.165) is 48.7 Å². The second-order valence-electron chi connectivity index (χ2n) is 6.23. The topological polar surface area (TPSA) is 87.8 Å². The summed E-state index contributed by atoms with van der Waals surface area (Å²) in [7, 11) is 3.50. The van der Waals surface area contributed by atoms with Gasteiger partial charge in [0.25, 0.3) is 0 Å². The summed E-state index contributed by atoms with van der Waals surface area (Å²) in [5.41, 5.74) is 4.55. The van der Waals surface area contributed by atoms with Gasteiger partial charge in [0.15, 0.2) is 0 Å². The molecule has 7 nitrogen and oxygen atoms in total. The first-order valence-corrected chi connectivity index (χ1v) is 9.77. The fraction of sp³-hybridized carbons (Fsp3) is 0.150. The Labute approximate surface area is 176 Å². The minimum atomic E-state index is 0.533. The first-order valence-electron chi connectivity index (χ1n) is 8.69. The van der Waals surface area contributed by atoms with Crippen molar-refractivity contribution in [3.63, 3.8) is 0 Å². The average molecular weight is 486 g/mol. The maximum atomic E-state index is 5.61. The van der Waals surface area contributed by atoms with E-state index in [2.05, 4.69) is 53.2 Å². The Hall–Kier alpha value is -2.88. The van der Waals surface area contributed by atoms with Crippen LogP contribution in [0, 0.1) is 10.5 Å². The molecule has 4 rings (SSSR count). The minimum absolute atomic E-state index is 0.533. The second kappa shape index (κ2) is 7.63. The van der Waals surface area contributed by atoms with E-state index in [0.29, 0.717) is 5.95 Å². The summed E-state index contributed by atoms with van der Waals surface area (Å²) >= 11 is 2.31. The predicted molar refractivity (Wildman–Crippen MR) is 120 cm³/mol. The fourth-order valence-electron chi connectivity index (χ4n) is 3.02. The molecule has 0 aliphatic rings. The van der Waals surface area contributed by atoms with E-state index in [1.54, 1.807) is 7.11 Å². The number of anilines is 3. The summed E-state index contributed by atoms with van der Waals surface area (Å²) in [5.74, 6) is 2.05. The molecule has 3 aromatic heterocycles. The van der Waals surface area contributed by atoms with E-state index in [1.165, 1.54) is 0 Å². The summed E-state index contributed by atoms with van der Waals surface area (Å²) in [4.78, 5) is 16.8. The highest BCUT2D eigenvalue weighted by Gasteiger charge is 2.17. The van der Waals surface area contributed by atoms with Gasteiger partial charge in [0.05, 0.1) is 24.1 Å². The van der Waals surface area contributed by atoms with E-state index in [4.69, 9.17) is 4.74 Å². The molecule has 0 saturated carbocycles. The number of nitrogens with one attached hydrogen (secondary N) is 3. The smallest absolute Gasteiger partial charge is 0.229 e. The summed E-state index contributed by atoms with van der Waals surface area (Å²) in [6.07, 6.45) is 3.77. The molecule has 3 N–H and O–H groups in total. The van der Waals surface area contributed by atoms with Gasteiger partial charge in [-0.05, 0) is 53.8 Å². The van der Waals surface area contributed by atoms with Crippen LogP contribution < -0.4 is 15.4 Å². The van der Waals surface area contributed by atoms with Gasteiger partial charge in [-0.15, -0.1) is 0 Å². The van der Waals surface area contributed by atoms with Crippen molar-refractivity contribution in [1.82, 2.24) is 19.9 Å². The Morgan fingerprint density at radius 2 is 2.00 bits per heavy atom. The van der Waals surface area contributed by atoms with Crippen LogP contribution >= 0.6 is 22.6 Å². The maximum absolute atomic E-state index is 5.61. The van der Waals surface area contributed by atoms with Crippen molar-refractivity contribution in [1.29, 1.82) is 0 Å². The van der Waals surface area contributed by atoms with Crippen LogP contribution in [0.2, 0.25) is 0 Å². The Morgan fingerprint density at radius 3 is 2.79 bits per heavy atom. The number of hydrogen-bond donors (Lipinski definition) is 3. The van der Waals surface area contributed by atoms with Crippen molar-refractivity contribution in [2.24, 2.45) is 0 Å². The number of nitrogens with zero attached hydrogens (tertiary/aromatic N) is 3. The van der Waals surface area contributed by atoms with Crippen LogP contribution in [0.5, 0.6) is 5.75 Å². The number of H-pyrrole nitrogens is 1. The first-order chi connectivity index (χ1) is 13.6. The van der Waals surface area contributed by atoms with Crippen LogP contribution in [-0.4, -0.2) is 34.1 Å². The summed E-state index contributed by atoms with van der Waals surface area (Å²) in [6, 6.07) is 9.81. The third-order valence-electron chi connectivity index (χ3n) is 4.37. The number of hydrogen-bond acceptors (Lipinski definition) is 6. The average Bonchev–Trinajstić information content (AvgIpc) is 3.16. The van der Waals surface area contributed by atoms with Crippen molar-refractivity contribution in [3.8, 4) is 17.0 Å². The molecule has 0 fully saturated rings. The normalized spacial score (nSPS) is 10.9. The molecule has 0 bridgehead atoms. The molecule has 8 heteroatoms. The maximum Gasteiger partial charge on any atom is 0.229 e. The Bertz CT molecular complexity index is 1160. The number of aryl methyl sites for hydroxylation is 1. The van der Waals surface area contributed by atoms with Crippen molar-refractivity contribution < 1.29 is 4.74 Å². The zero-order chi connectivity index (χ0) is 19.7. The van der Waals surface area contributed by atoms with Crippen LogP contribution in [0.15, 0.2) is 42.7 Å². The van der Waals surface area contributed by atoms with E-state index < -0.39 is 0 Å². The highest BCUT2D eigenvalue weighted by molar-refractivity contribution is 14.1. The zero-order valence-electron chi connectivity index (χ0n) is 15.7. The van der Waals surface area contributed by atoms with Crippen molar-refractivity contribution in [2.75, 3.05) is 24.8 Å². The van der Waals surface area contributed by atoms with Crippen LogP contribution in [0.25, 0.3) is 22.2 Å². The van der Waals surface area contributed by atoms with Crippen LogP contribution in [0.3, 0.4) is 0 Å². The molecule has 0 radical (unpaired) electrons. The molecule has 1 aromatic carbocycles. The van der Waals surface area contributed by atoms with Crippen molar-refractivity contribution >= 4 is 50.9 Å². The van der Waals surface area contributed by atoms with E-state index in [9.17, 15) is 0 Å². The molecular formula is C20H19IN6O. The number of halogens is 1. The van der Waals surface area contributed by atoms with Crippen LogP contribution in [0.1, 0.15) is 5.69 Å². The van der Waals surface area contributed by atoms with E-state index in [-0.39, 0.29) is 0 Å². The number of methoxy groups -OCH3 is 1. The molecule has 0 aliphatic heterocycles. The predicted octanol–water partition coefficient (Wildman–Crippen LogP) is 4.73. The quantitative estimate of drug-likeness (QED) is 0.354. The highest BCUT2D eigenvalue weighted by atomic mass is 127. The molecular weight excluding hydrogens is 467 g/mol. The standard InChI is InChI=1S/C20H19IN6O/c1-11-8-17(22-2)27-20(25-11)26-13-4-5-16(28-3)18(19(13)21)15-9-14-12(10-24-15)6-7-23-14/h4-10,23H,1-3H3,(H2,22,25,26,27). The van der Waals surface area contributed by atoms with Crippen LogP contribution in [0.4, 0.5) is 17.5 Å². The van der Waals surface area contributed by atoms with Gasteiger partial charge in [-0.1, -0.05) is 0 Å². The van der Waals surface area contributed by atoms with Gasteiger partial charge in [0, 0.05) is 45.7 Å². The molecule has 0 spiro atoms. The number of aromatic nitrogens is 4. The van der Waals surface area contributed by atoms with Gasteiger partial charge in [0.2, 0.25) is 5.95 Å². The number of rotatable bonds is 5. The van der Waals surface area contributed by atoms with Gasteiger partial charge < -0.3 is 20.4 Å². The summed E-state index contributed by atoms with van der Waals surface area (Å²) in [6.45, 7) is 1.94. The summed E-state index contributed by atoms with van der Waals surface area (Å²) in [5, 5.41) is 7.44. The van der Waals surface area contributed by atoms with Crippen molar-refractivity contribution in [2.45, 2.75) is 6.92 Å². The monoisotopic (exact) mass is 486 g/mol.